The summed E-state index contributed by atoms with van der Waals surface area (Å²) in [6, 6.07) is 10.00. The van der Waals surface area contributed by atoms with E-state index in [0.717, 1.165) is 24.3 Å². The Balaban J connectivity index is 0.00000243. The highest BCUT2D eigenvalue weighted by Gasteiger charge is 2.17. The van der Waals surface area contributed by atoms with Crippen molar-refractivity contribution in [2.75, 3.05) is 18.5 Å². The summed E-state index contributed by atoms with van der Waals surface area (Å²) >= 11 is 0. The molecule has 7 heteroatoms. The topological polar surface area (TPSA) is 81.8 Å². The first-order chi connectivity index (χ1) is 12.1. The number of ether oxygens (including phenoxy) is 2. The van der Waals surface area contributed by atoms with Crippen molar-refractivity contribution in [3.63, 3.8) is 0 Å². The molecule has 0 bridgehead atoms. The molecule has 140 valence electrons. The number of anilines is 1. The van der Waals surface area contributed by atoms with E-state index in [1.165, 1.54) is 11.1 Å². The van der Waals surface area contributed by atoms with Gasteiger partial charge in [0, 0.05) is 24.4 Å². The maximum absolute atomic E-state index is 6.00. The van der Waals surface area contributed by atoms with E-state index in [1.807, 2.05) is 24.3 Å². The van der Waals surface area contributed by atoms with Crippen LogP contribution in [0.2, 0.25) is 0 Å². The number of rotatable bonds is 5. The van der Waals surface area contributed by atoms with Gasteiger partial charge in [-0.3, -0.25) is 0 Å². The molecule has 3 N–H and O–H groups in total. The monoisotopic (exact) mass is 468 g/mol. The summed E-state index contributed by atoms with van der Waals surface area (Å²) in [4.78, 5) is 8.64. The molecule has 0 saturated carbocycles. The number of hydrogen-bond acceptors (Lipinski definition) is 4. The lowest BCUT2D eigenvalue weighted by Gasteiger charge is -2.11. The van der Waals surface area contributed by atoms with Gasteiger partial charge in [0.15, 0.2) is 5.96 Å². The molecule has 2 heterocycles. The van der Waals surface area contributed by atoms with Gasteiger partial charge in [0.05, 0.1) is 19.8 Å². The Morgan fingerprint density at radius 1 is 1.31 bits per heavy atom. The molecule has 2 aromatic rings. The highest BCUT2D eigenvalue weighted by molar-refractivity contribution is 14.0. The average molecular weight is 468 g/mol. The maximum atomic E-state index is 6.00. The Morgan fingerprint density at radius 2 is 2.08 bits per heavy atom. The Bertz CT molecular complexity index is 741. The number of benzene rings is 1. The van der Waals surface area contributed by atoms with E-state index >= 15 is 0 Å². The number of aliphatic imine (C=N–C) groups is 1. The maximum Gasteiger partial charge on any atom is 0.213 e. The molecule has 0 radical (unpaired) electrons. The number of pyridine rings is 1. The zero-order valence-electron chi connectivity index (χ0n) is 15.1. The number of aromatic nitrogens is 1. The molecule has 3 rings (SSSR count). The molecular weight excluding hydrogens is 443 g/mol. The summed E-state index contributed by atoms with van der Waals surface area (Å²) in [6.45, 7) is 5.94. The lowest BCUT2D eigenvalue weighted by Crippen LogP contribution is -2.22. The summed E-state index contributed by atoms with van der Waals surface area (Å²) in [7, 11) is 0. The van der Waals surface area contributed by atoms with Crippen LogP contribution in [0.3, 0.4) is 0 Å². The van der Waals surface area contributed by atoms with Crippen LogP contribution in [0.15, 0.2) is 41.5 Å². The molecule has 1 atom stereocenters. The van der Waals surface area contributed by atoms with E-state index in [2.05, 4.69) is 35.2 Å². The second kappa shape index (κ2) is 9.72. The Morgan fingerprint density at radius 3 is 2.77 bits per heavy atom. The number of hydrogen-bond donors (Lipinski definition) is 2. The van der Waals surface area contributed by atoms with Crippen molar-refractivity contribution in [3.05, 3.63) is 53.2 Å². The number of aryl methyl sites for hydroxylation is 2. The van der Waals surface area contributed by atoms with E-state index in [1.54, 1.807) is 6.20 Å². The van der Waals surface area contributed by atoms with Gasteiger partial charge in [0.1, 0.15) is 6.10 Å². The first kappa shape index (κ1) is 20.4. The predicted octanol–water partition coefficient (Wildman–Crippen LogP) is 3.41. The Labute approximate surface area is 171 Å². The third kappa shape index (κ3) is 6.14. The summed E-state index contributed by atoms with van der Waals surface area (Å²) in [5, 5.41) is 3.13. The van der Waals surface area contributed by atoms with Crippen LogP contribution in [-0.2, 0) is 11.3 Å². The van der Waals surface area contributed by atoms with Gasteiger partial charge in [-0.25, -0.2) is 9.98 Å². The largest absolute Gasteiger partial charge is 0.472 e. The second-order valence-corrected chi connectivity index (χ2v) is 6.31. The van der Waals surface area contributed by atoms with Crippen molar-refractivity contribution >= 4 is 35.6 Å². The van der Waals surface area contributed by atoms with Gasteiger partial charge in [-0.2, -0.15) is 0 Å². The Kier molecular flexibility index (Phi) is 7.65. The van der Waals surface area contributed by atoms with E-state index in [-0.39, 0.29) is 30.1 Å². The van der Waals surface area contributed by atoms with Gasteiger partial charge in [-0.15, -0.1) is 24.0 Å². The fourth-order valence-electron chi connectivity index (χ4n) is 2.80. The first-order valence-corrected chi connectivity index (χ1v) is 8.43. The minimum atomic E-state index is 0. The number of guanidine groups is 1. The molecule has 1 saturated heterocycles. The van der Waals surface area contributed by atoms with Crippen molar-refractivity contribution in [3.8, 4) is 5.88 Å². The van der Waals surface area contributed by atoms with Crippen LogP contribution in [0, 0.1) is 13.8 Å². The molecule has 0 spiro atoms. The van der Waals surface area contributed by atoms with E-state index < -0.39 is 0 Å². The number of nitrogens with one attached hydrogen (secondary N) is 1. The number of nitrogens with two attached hydrogens (primary N) is 1. The van der Waals surface area contributed by atoms with Crippen molar-refractivity contribution in [1.29, 1.82) is 0 Å². The lowest BCUT2D eigenvalue weighted by atomic mass is 10.1. The second-order valence-electron chi connectivity index (χ2n) is 6.31. The summed E-state index contributed by atoms with van der Waals surface area (Å²) < 4.78 is 11.1. The molecule has 1 fully saturated rings. The van der Waals surface area contributed by atoms with Crippen LogP contribution >= 0.6 is 24.0 Å². The zero-order chi connectivity index (χ0) is 17.6. The molecular formula is C19H25IN4O2. The normalized spacial score (nSPS) is 16.8. The molecule has 6 nitrogen and oxygen atoms in total. The standard InChI is InChI=1S/C19H24N4O2.HI/c1-13-7-14(2)9-16(8-13)23-19(20)22-11-15-3-5-21-18(10-15)25-17-4-6-24-12-17;/h3,5,7-10,17H,4,6,11-12H2,1-2H3,(H3,20,22,23);1H. The number of halogens is 1. The molecule has 26 heavy (non-hydrogen) atoms. The van der Waals surface area contributed by atoms with E-state index in [9.17, 15) is 0 Å². The van der Waals surface area contributed by atoms with Crippen molar-refractivity contribution in [2.45, 2.75) is 32.9 Å². The van der Waals surface area contributed by atoms with Gasteiger partial charge < -0.3 is 20.5 Å². The predicted molar refractivity (Wildman–Crippen MR) is 114 cm³/mol. The van der Waals surface area contributed by atoms with Crippen molar-refractivity contribution in [2.24, 2.45) is 10.7 Å². The lowest BCUT2D eigenvalue weighted by molar-refractivity contribution is 0.138. The number of nitrogens with zero attached hydrogens (tertiary/aromatic N) is 2. The molecule has 1 aromatic carbocycles. The van der Waals surface area contributed by atoms with E-state index in [0.29, 0.717) is 25.0 Å². The minimum Gasteiger partial charge on any atom is -0.472 e. The van der Waals surface area contributed by atoms with Crippen molar-refractivity contribution < 1.29 is 9.47 Å². The Hall–Kier alpha value is -1.87. The van der Waals surface area contributed by atoms with Crippen LogP contribution in [0.1, 0.15) is 23.1 Å². The molecule has 1 unspecified atom stereocenters. The molecule has 0 aliphatic carbocycles. The van der Waals surface area contributed by atoms with Crippen LogP contribution < -0.4 is 15.8 Å². The van der Waals surface area contributed by atoms with Gasteiger partial charge >= 0.3 is 0 Å². The summed E-state index contributed by atoms with van der Waals surface area (Å²) in [6.07, 6.45) is 2.71. The average Bonchev–Trinajstić information content (AvgIpc) is 3.05. The first-order valence-electron chi connectivity index (χ1n) is 8.43. The molecule has 0 amide bonds. The van der Waals surface area contributed by atoms with Crippen LogP contribution in [0.5, 0.6) is 5.88 Å². The van der Waals surface area contributed by atoms with Gasteiger partial charge in [-0.1, -0.05) is 6.07 Å². The SMILES string of the molecule is Cc1cc(C)cc(NC(N)=NCc2ccnc(OC3CCOC3)c2)c1.I. The van der Waals surface area contributed by atoms with Crippen LogP contribution in [-0.4, -0.2) is 30.3 Å². The molecule has 1 aromatic heterocycles. The summed E-state index contributed by atoms with van der Waals surface area (Å²) in [5.41, 5.74) is 10.3. The van der Waals surface area contributed by atoms with Crippen molar-refractivity contribution in [1.82, 2.24) is 4.98 Å². The fourth-order valence-corrected chi connectivity index (χ4v) is 2.80. The zero-order valence-corrected chi connectivity index (χ0v) is 17.4. The molecule has 1 aliphatic heterocycles. The van der Waals surface area contributed by atoms with Gasteiger partial charge in [0.2, 0.25) is 5.88 Å². The quantitative estimate of drug-likeness (QED) is 0.400. The smallest absolute Gasteiger partial charge is 0.213 e. The van der Waals surface area contributed by atoms with E-state index in [4.69, 9.17) is 15.2 Å². The van der Waals surface area contributed by atoms with Crippen LogP contribution in [0.25, 0.3) is 0 Å². The summed E-state index contributed by atoms with van der Waals surface area (Å²) in [5.74, 6) is 0.984. The third-order valence-electron chi connectivity index (χ3n) is 3.90. The van der Waals surface area contributed by atoms with Crippen LogP contribution in [0.4, 0.5) is 5.69 Å². The highest BCUT2D eigenvalue weighted by Crippen LogP contribution is 2.16. The fraction of sp³-hybridized carbons (Fsp3) is 0.368. The minimum absolute atomic E-state index is 0. The highest BCUT2D eigenvalue weighted by atomic mass is 127. The van der Waals surface area contributed by atoms with Gasteiger partial charge in [-0.05, 0) is 48.7 Å². The third-order valence-corrected chi connectivity index (χ3v) is 3.90. The van der Waals surface area contributed by atoms with Gasteiger partial charge in [0.25, 0.3) is 0 Å². The molecule has 1 aliphatic rings.